The van der Waals surface area contributed by atoms with Gasteiger partial charge in [-0.15, -0.1) is 0 Å². The van der Waals surface area contributed by atoms with Crippen molar-refractivity contribution < 1.29 is 14.0 Å². The van der Waals surface area contributed by atoms with Gasteiger partial charge in [0.15, 0.2) is 0 Å². The smallest absolute Gasteiger partial charge is 0.254 e. The van der Waals surface area contributed by atoms with E-state index >= 15 is 0 Å². The summed E-state index contributed by atoms with van der Waals surface area (Å²) >= 11 is 0. The summed E-state index contributed by atoms with van der Waals surface area (Å²) in [6.07, 6.45) is 0. The number of benzene rings is 2. The molecule has 0 fully saturated rings. The van der Waals surface area contributed by atoms with E-state index in [2.05, 4.69) is 5.32 Å². The SMILES string of the molecule is CC(=O)NCc1ccc(C(=O)N(C)C(C)c2ccccc2F)cc1. The summed E-state index contributed by atoms with van der Waals surface area (Å²) in [5, 5.41) is 2.70. The predicted octanol–water partition coefficient (Wildman–Crippen LogP) is 3.30. The monoisotopic (exact) mass is 328 g/mol. The maximum atomic E-state index is 13.9. The van der Waals surface area contributed by atoms with Crippen LogP contribution in [0.1, 0.15) is 41.4 Å². The fourth-order valence-electron chi connectivity index (χ4n) is 2.39. The Kier molecular flexibility index (Phi) is 5.68. The van der Waals surface area contributed by atoms with Gasteiger partial charge in [-0.1, -0.05) is 30.3 Å². The molecule has 0 aromatic heterocycles. The summed E-state index contributed by atoms with van der Waals surface area (Å²) in [7, 11) is 1.66. The molecule has 0 aliphatic heterocycles. The molecule has 1 unspecified atom stereocenters. The highest BCUT2D eigenvalue weighted by Crippen LogP contribution is 2.23. The summed E-state index contributed by atoms with van der Waals surface area (Å²) in [6, 6.07) is 13.1. The van der Waals surface area contributed by atoms with Crippen LogP contribution in [-0.2, 0) is 11.3 Å². The van der Waals surface area contributed by atoms with Crippen molar-refractivity contribution in [1.29, 1.82) is 0 Å². The highest BCUT2D eigenvalue weighted by molar-refractivity contribution is 5.94. The molecule has 0 bridgehead atoms. The summed E-state index contributed by atoms with van der Waals surface area (Å²) < 4.78 is 13.9. The molecule has 1 atom stereocenters. The first-order valence-electron chi connectivity index (χ1n) is 7.75. The second-order valence-electron chi connectivity index (χ2n) is 5.72. The highest BCUT2D eigenvalue weighted by atomic mass is 19.1. The van der Waals surface area contributed by atoms with Crippen molar-refractivity contribution in [3.8, 4) is 0 Å². The fraction of sp³-hybridized carbons (Fsp3) is 0.263. The molecule has 2 amide bonds. The van der Waals surface area contributed by atoms with Crippen molar-refractivity contribution in [1.82, 2.24) is 10.2 Å². The van der Waals surface area contributed by atoms with Crippen molar-refractivity contribution in [2.24, 2.45) is 0 Å². The Morgan fingerprint density at radius 2 is 1.75 bits per heavy atom. The zero-order valence-corrected chi connectivity index (χ0v) is 14.0. The number of amides is 2. The van der Waals surface area contributed by atoms with E-state index < -0.39 is 0 Å². The van der Waals surface area contributed by atoms with Crippen molar-refractivity contribution in [2.45, 2.75) is 26.4 Å². The van der Waals surface area contributed by atoms with Gasteiger partial charge in [-0.05, 0) is 30.7 Å². The first kappa shape index (κ1) is 17.7. The van der Waals surface area contributed by atoms with Gasteiger partial charge in [-0.3, -0.25) is 9.59 Å². The molecular formula is C19H21FN2O2. The molecule has 4 nitrogen and oxygen atoms in total. The number of hydrogen-bond acceptors (Lipinski definition) is 2. The van der Waals surface area contributed by atoms with Crippen LogP contribution >= 0.6 is 0 Å². The van der Waals surface area contributed by atoms with Crippen molar-refractivity contribution in [2.75, 3.05) is 7.05 Å². The largest absolute Gasteiger partial charge is 0.352 e. The fourth-order valence-corrected chi connectivity index (χ4v) is 2.39. The maximum Gasteiger partial charge on any atom is 0.254 e. The number of carbonyl (C=O) groups excluding carboxylic acids is 2. The topological polar surface area (TPSA) is 49.4 Å². The molecule has 0 aliphatic carbocycles. The molecule has 0 aliphatic rings. The van der Waals surface area contributed by atoms with E-state index in [1.807, 2.05) is 0 Å². The Labute approximate surface area is 141 Å². The van der Waals surface area contributed by atoms with Crippen LogP contribution < -0.4 is 5.32 Å². The molecule has 2 aromatic carbocycles. The normalized spacial score (nSPS) is 11.7. The Morgan fingerprint density at radius 1 is 1.12 bits per heavy atom. The second-order valence-corrected chi connectivity index (χ2v) is 5.72. The van der Waals surface area contributed by atoms with E-state index in [4.69, 9.17) is 0 Å². The zero-order valence-electron chi connectivity index (χ0n) is 14.0. The molecule has 5 heteroatoms. The van der Waals surface area contributed by atoms with Gasteiger partial charge in [-0.25, -0.2) is 4.39 Å². The zero-order chi connectivity index (χ0) is 17.7. The first-order chi connectivity index (χ1) is 11.4. The minimum Gasteiger partial charge on any atom is -0.352 e. The average molecular weight is 328 g/mol. The maximum absolute atomic E-state index is 13.9. The summed E-state index contributed by atoms with van der Waals surface area (Å²) in [5.41, 5.74) is 1.91. The Morgan fingerprint density at radius 3 is 2.33 bits per heavy atom. The van der Waals surface area contributed by atoms with Crippen molar-refractivity contribution in [3.05, 3.63) is 71.0 Å². The minimum absolute atomic E-state index is 0.103. The molecule has 2 rings (SSSR count). The summed E-state index contributed by atoms with van der Waals surface area (Å²) in [6.45, 7) is 3.67. The number of nitrogens with one attached hydrogen (secondary N) is 1. The number of halogens is 1. The molecule has 0 radical (unpaired) electrons. The molecule has 0 saturated carbocycles. The molecule has 2 aromatic rings. The minimum atomic E-state index is -0.377. The predicted molar refractivity (Wildman–Crippen MR) is 90.9 cm³/mol. The standard InChI is InChI=1S/C19H21FN2O2/c1-13(17-6-4-5-7-18(17)20)22(3)19(24)16-10-8-15(9-11-16)12-21-14(2)23/h4-11,13H,12H2,1-3H3,(H,21,23). The van der Waals surface area contributed by atoms with Gasteiger partial charge in [0.05, 0.1) is 6.04 Å². The van der Waals surface area contributed by atoms with E-state index in [0.717, 1.165) is 5.56 Å². The first-order valence-corrected chi connectivity index (χ1v) is 7.75. The van der Waals surface area contributed by atoms with Crippen LogP contribution in [0.25, 0.3) is 0 Å². The molecule has 24 heavy (non-hydrogen) atoms. The van der Waals surface area contributed by atoms with Crippen LogP contribution in [-0.4, -0.2) is 23.8 Å². The van der Waals surface area contributed by atoms with Crippen LogP contribution in [0.3, 0.4) is 0 Å². The van der Waals surface area contributed by atoms with Gasteiger partial charge in [-0.2, -0.15) is 0 Å². The van der Waals surface area contributed by atoms with Crippen LogP contribution in [0.2, 0.25) is 0 Å². The molecular weight excluding hydrogens is 307 g/mol. The lowest BCUT2D eigenvalue weighted by Gasteiger charge is -2.25. The lowest BCUT2D eigenvalue weighted by atomic mass is 10.0. The van der Waals surface area contributed by atoms with Gasteiger partial charge < -0.3 is 10.2 Å². The third kappa shape index (κ3) is 4.19. The summed E-state index contributed by atoms with van der Waals surface area (Å²) in [5.74, 6) is -0.610. The van der Waals surface area contributed by atoms with E-state index in [0.29, 0.717) is 17.7 Å². The van der Waals surface area contributed by atoms with Crippen LogP contribution in [0, 0.1) is 5.82 Å². The number of hydrogen-bond donors (Lipinski definition) is 1. The van der Waals surface area contributed by atoms with E-state index in [9.17, 15) is 14.0 Å². The second kappa shape index (κ2) is 7.73. The van der Waals surface area contributed by atoms with E-state index in [1.165, 1.54) is 17.9 Å². The Balaban J connectivity index is 2.10. The number of rotatable bonds is 5. The van der Waals surface area contributed by atoms with Crippen LogP contribution in [0.5, 0.6) is 0 Å². The van der Waals surface area contributed by atoms with Crippen LogP contribution in [0.4, 0.5) is 4.39 Å². The average Bonchev–Trinajstić information content (AvgIpc) is 2.59. The third-order valence-corrected chi connectivity index (χ3v) is 4.00. The van der Waals surface area contributed by atoms with Crippen LogP contribution in [0.15, 0.2) is 48.5 Å². The van der Waals surface area contributed by atoms with E-state index in [-0.39, 0.29) is 23.7 Å². The van der Waals surface area contributed by atoms with Crippen molar-refractivity contribution in [3.63, 3.8) is 0 Å². The van der Waals surface area contributed by atoms with Gasteiger partial charge in [0.1, 0.15) is 5.82 Å². The Bertz CT molecular complexity index is 728. The number of nitrogens with zero attached hydrogens (tertiary/aromatic N) is 1. The molecule has 0 spiro atoms. The quantitative estimate of drug-likeness (QED) is 0.915. The molecule has 1 N–H and O–H groups in total. The third-order valence-electron chi connectivity index (χ3n) is 4.00. The molecule has 126 valence electrons. The van der Waals surface area contributed by atoms with Crippen molar-refractivity contribution >= 4 is 11.8 Å². The summed E-state index contributed by atoms with van der Waals surface area (Å²) in [4.78, 5) is 25.0. The van der Waals surface area contributed by atoms with Gasteiger partial charge in [0, 0.05) is 31.6 Å². The van der Waals surface area contributed by atoms with E-state index in [1.54, 1.807) is 56.4 Å². The lowest BCUT2D eigenvalue weighted by Crippen LogP contribution is -2.30. The molecule has 0 saturated heterocycles. The highest BCUT2D eigenvalue weighted by Gasteiger charge is 2.21. The van der Waals surface area contributed by atoms with Gasteiger partial charge >= 0.3 is 0 Å². The Hall–Kier alpha value is -2.69. The lowest BCUT2D eigenvalue weighted by molar-refractivity contribution is -0.119. The van der Waals surface area contributed by atoms with Gasteiger partial charge in [0.2, 0.25) is 5.91 Å². The molecule has 0 heterocycles. The number of carbonyl (C=O) groups is 2. The van der Waals surface area contributed by atoms with Gasteiger partial charge in [0.25, 0.3) is 5.91 Å².